The first-order valence-electron chi connectivity index (χ1n) is 15.7. The number of ether oxygens (including phenoxy) is 1. The van der Waals surface area contributed by atoms with E-state index >= 15 is 0 Å². The average Bonchev–Trinajstić information content (AvgIpc) is 3.60. The van der Waals surface area contributed by atoms with E-state index in [1.54, 1.807) is 12.3 Å². The molecule has 246 valence electrons. The fourth-order valence-electron chi connectivity index (χ4n) is 5.75. The van der Waals surface area contributed by atoms with Gasteiger partial charge in [-0.25, -0.2) is 13.4 Å². The van der Waals surface area contributed by atoms with Crippen LogP contribution in [0.25, 0.3) is 11.0 Å². The molecule has 2 saturated heterocycles. The average molecular weight is 667 g/mol. The second-order valence-corrected chi connectivity index (χ2v) is 13.4. The van der Waals surface area contributed by atoms with Gasteiger partial charge >= 0.3 is 0 Å². The number of rotatable bonds is 7. The Kier molecular flexibility index (Phi) is 8.92. The highest BCUT2D eigenvalue weighted by atomic mass is 32.2. The lowest BCUT2D eigenvalue weighted by molar-refractivity contribution is 0.0721. The summed E-state index contributed by atoms with van der Waals surface area (Å²) in [7, 11) is -4.03. The standard InChI is InChI=1S/C34H34N8O5S/c1-24-4-2-3-5-25(24)6-7-26-20-27-21-36-34(38-29-8-10-30(11-9-29)40-14-12-35-13-15-40)39-31(27)42(32(26)43)23-28-22-37-47-33(28)48(44,45)41-16-18-46-19-17-41/h2-5,8-11,20-22,35H,12-19,23H2,1H3,(H,36,38,39). The second-order valence-electron chi connectivity index (χ2n) is 11.6. The Balaban J connectivity index is 1.27. The fourth-order valence-corrected chi connectivity index (χ4v) is 7.20. The van der Waals surface area contributed by atoms with Crippen LogP contribution in [-0.4, -0.2) is 84.9 Å². The highest BCUT2D eigenvalue weighted by Crippen LogP contribution is 2.24. The number of aryl methyl sites for hydroxylation is 1. The minimum absolute atomic E-state index is 0.173. The molecule has 2 fully saturated rings. The first-order chi connectivity index (χ1) is 23.4. The van der Waals surface area contributed by atoms with Gasteiger partial charge < -0.3 is 24.8 Å². The highest BCUT2D eigenvalue weighted by molar-refractivity contribution is 7.89. The van der Waals surface area contributed by atoms with Gasteiger partial charge in [-0.15, -0.1) is 0 Å². The molecule has 48 heavy (non-hydrogen) atoms. The van der Waals surface area contributed by atoms with E-state index in [0.717, 1.165) is 48.7 Å². The number of piperazine rings is 1. The third kappa shape index (κ3) is 6.54. The van der Waals surface area contributed by atoms with Crippen LogP contribution < -0.4 is 21.1 Å². The number of nitrogens with zero attached hydrogens (tertiary/aromatic N) is 6. The van der Waals surface area contributed by atoms with Gasteiger partial charge in [-0.05, 0) is 48.9 Å². The lowest BCUT2D eigenvalue weighted by Crippen LogP contribution is -2.43. The van der Waals surface area contributed by atoms with E-state index in [1.807, 2.05) is 55.5 Å². The predicted octanol–water partition coefficient (Wildman–Crippen LogP) is 2.71. The summed E-state index contributed by atoms with van der Waals surface area (Å²) in [5, 5.41) is 10.6. The number of hydrogen-bond acceptors (Lipinski definition) is 11. The monoisotopic (exact) mass is 666 g/mol. The molecule has 5 heterocycles. The smallest absolute Gasteiger partial charge is 0.279 e. The number of hydrogen-bond donors (Lipinski definition) is 2. The van der Waals surface area contributed by atoms with Crippen molar-refractivity contribution < 1.29 is 17.7 Å². The van der Waals surface area contributed by atoms with Crippen molar-refractivity contribution in [3.63, 3.8) is 0 Å². The Bertz CT molecular complexity index is 2180. The quantitative estimate of drug-likeness (QED) is 0.247. The SMILES string of the molecule is Cc1ccccc1C#Cc1cc2cnc(Nc3ccc(N4CCNCC4)cc3)nc2n(Cc2cnoc2S(=O)(=O)N2CCOCC2)c1=O. The number of pyridine rings is 1. The van der Waals surface area contributed by atoms with Crippen molar-refractivity contribution in [3.8, 4) is 11.8 Å². The summed E-state index contributed by atoms with van der Waals surface area (Å²) in [5.74, 6) is 6.40. The van der Waals surface area contributed by atoms with Gasteiger partial charge in [-0.1, -0.05) is 35.2 Å². The van der Waals surface area contributed by atoms with E-state index in [-0.39, 0.29) is 55.0 Å². The van der Waals surface area contributed by atoms with Crippen molar-refractivity contribution >= 4 is 38.4 Å². The van der Waals surface area contributed by atoms with Crippen LogP contribution in [0, 0.1) is 18.8 Å². The third-order valence-electron chi connectivity index (χ3n) is 8.39. The number of morpholine rings is 1. The van der Waals surface area contributed by atoms with Gasteiger partial charge in [-0.2, -0.15) is 9.29 Å². The Labute approximate surface area is 277 Å². The second kappa shape index (κ2) is 13.6. The highest BCUT2D eigenvalue weighted by Gasteiger charge is 2.33. The summed E-state index contributed by atoms with van der Waals surface area (Å²) in [4.78, 5) is 25.7. The predicted molar refractivity (Wildman–Crippen MR) is 181 cm³/mol. The van der Waals surface area contributed by atoms with Crippen LogP contribution in [0.1, 0.15) is 22.3 Å². The van der Waals surface area contributed by atoms with Crippen LogP contribution in [0.3, 0.4) is 0 Å². The molecule has 0 spiro atoms. The van der Waals surface area contributed by atoms with Crippen LogP contribution in [0.2, 0.25) is 0 Å². The lowest BCUT2D eigenvalue weighted by atomic mass is 10.1. The van der Waals surface area contributed by atoms with E-state index in [4.69, 9.17) is 14.2 Å². The molecule has 3 aromatic heterocycles. The number of benzene rings is 2. The van der Waals surface area contributed by atoms with E-state index in [1.165, 1.54) is 15.1 Å². The largest absolute Gasteiger partial charge is 0.379 e. The van der Waals surface area contributed by atoms with Gasteiger partial charge in [0.05, 0.1) is 37.1 Å². The number of fused-ring (bicyclic) bond motifs is 1. The Morgan fingerprint density at radius 2 is 1.71 bits per heavy atom. The van der Waals surface area contributed by atoms with Crippen LogP contribution in [0.15, 0.2) is 81.4 Å². The summed E-state index contributed by atoms with van der Waals surface area (Å²) in [5.41, 5.74) is 3.97. The Morgan fingerprint density at radius 3 is 2.48 bits per heavy atom. The number of sulfonamides is 1. The third-order valence-corrected chi connectivity index (χ3v) is 10.2. The summed E-state index contributed by atoms with van der Waals surface area (Å²) in [6.45, 7) is 6.48. The number of anilines is 3. The summed E-state index contributed by atoms with van der Waals surface area (Å²) in [6.07, 6.45) is 2.94. The topological polar surface area (TPSA) is 148 Å². The van der Waals surface area contributed by atoms with Crippen molar-refractivity contribution in [1.82, 2.24) is 29.3 Å². The Morgan fingerprint density at radius 1 is 0.958 bits per heavy atom. The van der Waals surface area contributed by atoms with Crippen molar-refractivity contribution in [2.75, 3.05) is 62.7 Å². The van der Waals surface area contributed by atoms with Gasteiger partial charge in [0.1, 0.15) is 5.65 Å². The molecule has 2 aliphatic rings. The molecule has 0 unspecified atom stereocenters. The maximum atomic E-state index is 14.1. The molecule has 2 N–H and O–H groups in total. The molecule has 0 radical (unpaired) electrons. The molecule has 0 atom stereocenters. The lowest BCUT2D eigenvalue weighted by Gasteiger charge is -2.29. The number of nitrogens with one attached hydrogen (secondary N) is 2. The molecular weight excluding hydrogens is 632 g/mol. The van der Waals surface area contributed by atoms with E-state index in [2.05, 4.69) is 37.5 Å². The first-order valence-corrected chi connectivity index (χ1v) is 17.1. The van der Waals surface area contributed by atoms with Crippen molar-refractivity contribution in [1.29, 1.82) is 0 Å². The van der Waals surface area contributed by atoms with Gasteiger partial charge in [0, 0.05) is 67.8 Å². The molecule has 2 aliphatic heterocycles. The van der Waals surface area contributed by atoms with Crippen LogP contribution in [0.4, 0.5) is 17.3 Å². The molecule has 5 aromatic rings. The fraction of sp³-hybridized carbons (Fsp3) is 0.294. The zero-order chi connectivity index (χ0) is 33.1. The molecule has 0 bridgehead atoms. The van der Waals surface area contributed by atoms with Gasteiger partial charge in [0.25, 0.3) is 20.7 Å². The molecule has 14 heteroatoms. The van der Waals surface area contributed by atoms with Crippen LogP contribution in [0.5, 0.6) is 0 Å². The van der Waals surface area contributed by atoms with E-state index in [9.17, 15) is 13.2 Å². The van der Waals surface area contributed by atoms with Crippen LogP contribution in [-0.2, 0) is 21.3 Å². The minimum atomic E-state index is -4.03. The van der Waals surface area contributed by atoms with Crippen molar-refractivity contribution in [3.05, 3.63) is 99.6 Å². The van der Waals surface area contributed by atoms with Gasteiger partial charge in [0.15, 0.2) is 0 Å². The molecular formula is C34H34N8O5S. The van der Waals surface area contributed by atoms with E-state index in [0.29, 0.717) is 11.0 Å². The molecule has 7 rings (SSSR count). The molecule has 0 aliphatic carbocycles. The zero-order valence-corrected chi connectivity index (χ0v) is 27.2. The molecule has 13 nitrogen and oxygen atoms in total. The summed E-state index contributed by atoms with van der Waals surface area (Å²) < 4.78 is 40.4. The number of aromatic nitrogens is 4. The summed E-state index contributed by atoms with van der Waals surface area (Å²) in [6, 6.07) is 17.3. The maximum absolute atomic E-state index is 14.1. The normalized spacial score (nSPS) is 15.6. The first kappa shape index (κ1) is 31.5. The van der Waals surface area contributed by atoms with Crippen LogP contribution >= 0.6 is 0 Å². The van der Waals surface area contributed by atoms with Crippen molar-refractivity contribution in [2.24, 2.45) is 0 Å². The summed E-state index contributed by atoms with van der Waals surface area (Å²) >= 11 is 0. The van der Waals surface area contributed by atoms with Gasteiger partial charge in [-0.3, -0.25) is 9.36 Å². The zero-order valence-electron chi connectivity index (χ0n) is 26.3. The molecule has 0 amide bonds. The molecule has 0 saturated carbocycles. The molecule has 2 aromatic carbocycles. The maximum Gasteiger partial charge on any atom is 0.279 e. The Hall–Kier alpha value is -5.07. The van der Waals surface area contributed by atoms with E-state index < -0.39 is 15.6 Å². The van der Waals surface area contributed by atoms with Gasteiger partial charge in [0.2, 0.25) is 5.95 Å². The van der Waals surface area contributed by atoms with Crippen molar-refractivity contribution in [2.45, 2.75) is 18.6 Å². The minimum Gasteiger partial charge on any atom is -0.379 e.